The van der Waals surface area contributed by atoms with Gasteiger partial charge in [-0.2, -0.15) is 15.6 Å². The first-order chi connectivity index (χ1) is 4.00. The van der Waals surface area contributed by atoms with Crippen LogP contribution in [0.4, 0.5) is 0 Å². The van der Waals surface area contributed by atoms with Crippen LogP contribution in [0.25, 0.3) is 0 Å². The second-order valence-corrected chi connectivity index (χ2v) is 2.68. The summed E-state index contributed by atoms with van der Waals surface area (Å²) in [5.41, 5.74) is 0. The van der Waals surface area contributed by atoms with E-state index in [4.69, 9.17) is 38.5 Å². The molecule has 0 saturated carbocycles. The van der Waals surface area contributed by atoms with E-state index >= 15 is 0 Å². The normalized spacial score (nSPS) is 9.83. The summed E-state index contributed by atoms with van der Waals surface area (Å²) in [7, 11) is -10.8. The number of rotatable bonds is 0. The van der Waals surface area contributed by atoms with Crippen LogP contribution in [0.3, 0.4) is 0 Å². The zero-order chi connectivity index (χ0) is 9.00. The van der Waals surface area contributed by atoms with Crippen molar-refractivity contribution in [2.24, 2.45) is 0 Å². The van der Waals surface area contributed by atoms with Gasteiger partial charge in [-0.15, -0.1) is 0 Å². The summed E-state index contributed by atoms with van der Waals surface area (Å²) in [4.78, 5) is 51.3. The Balaban J connectivity index is -0.0000000457. The maximum atomic E-state index is 8.55. The Kier molecular flexibility index (Phi) is 19.9. The third kappa shape index (κ3) is 273. The van der Waals surface area contributed by atoms with E-state index in [9.17, 15) is 0 Å². The molecule has 12 heavy (non-hydrogen) atoms. The minimum Gasteiger partial charge on any atom is -0.822 e. The molecule has 0 aliphatic heterocycles. The average Bonchev–Trinajstić information content (AvgIpc) is 1.12. The summed E-state index contributed by atoms with van der Waals surface area (Å²) in [5, 5.41) is 0. The molecule has 12 heteroatoms. The van der Waals surface area contributed by atoms with Gasteiger partial charge in [-0.25, -0.2) is 0 Å². The van der Waals surface area contributed by atoms with Crippen molar-refractivity contribution in [3.05, 3.63) is 0 Å². The van der Waals surface area contributed by atoms with Gasteiger partial charge in [-0.05, 0) is 0 Å². The standard InChI is InChI=1S/K.2H3O4P.V/c;2*1-5(2,3)4;/h;2*(H3,1,2,3,4);/q+1;;;+5/p-6. The molecule has 64 valence electrons. The molecule has 0 aliphatic rings. The topological polar surface area (TPSA) is 172 Å². The van der Waals surface area contributed by atoms with Gasteiger partial charge >= 0.3 is 69.9 Å². The van der Waals surface area contributed by atoms with Crippen LogP contribution in [0.15, 0.2) is 0 Å². The largest absolute Gasteiger partial charge is 5.00 e. The molecule has 0 rings (SSSR count). The summed E-state index contributed by atoms with van der Waals surface area (Å²) in [6.07, 6.45) is 0. The molecule has 0 bridgehead atoms. The molecule has 0 N–H and O–H groups in total. The molecule has 0 aromatic carbocycles. The van der Waals surface area contributed by atoms with E-state index in [0.29, 0.717) is 0 Å². The quantitative estimate of drug-likeness (QED) is 0.310. The van der Waals surface area contributed by atoms with Crippen molar-refractivity contribution in [2.75, 3.05) is 0 Å². The first-order valence-electron chi connectivity index (χ1n) is 1.46. The van der Waals surface area contributed by atoms with Crippen LogP contribution in [0.1, 0.15) is 0 Å². The van der Waals surface area contributed by atoms with Crippen molar-refractivity contribution in [1.82, 2.24) is 0 Å². The third-order valence-corrected chi connectivity index (χ3v) is 0. The van der Waals surface area contributed by atoms with E-state index in [2.05, 4.69) is 0 Å². The minimum atomic E-state index is -5.39. The van der Waals surface area contributed by atoms with Crippen molar-refractivity contribution >= 4 is 15.6 Å². The van der Waals surface area contributed by atoms with Crippen molar-refractivity contribution in [3.63, 3.8) is 0 Å². The number of hydrogen-bond acceptors (Lipinski definition) is 8. The molecule has 0 saturated heterocycles. The molecule has 0 amide bonds. The van der Waals surface area contributed by atoms with E-state index in [1.54, 1.807) is 0 Å². The second-order valence-electron chi connectivity index (χ2n) is 0.894. The maximum absolute atomic E-state index is 8.55. The molecule has 0 radical (unpaired) electrons. The van der Waals surface area contributed by atoms with Crippen LogP contribution in [-0.4, -0.2) is 0 Å². The van der Waals surface area contributed by atoms with Gasteiger partial charge in [0.15, 0.2) is 0 Å². The SMILES string of the molecule is O=P([O-])([O-])[O-].O=P([O-])([O-])[O-].[K+].[V+5]. The van der Waals surface area contributed by atoms with Gasteiger partial charge in [0.2, 0.25) is 0 Å². The van der Waals surface area contributed by atoms with Crippen molar-refractivity contribution in [1.29, 1.82) is 0 Å². The molecule has 0 heterocycles. The molecule has 0 aromatic heterocycles. The fourth-order valence-corrected chi connectivity index (χ4v) is 0. The summed E-state index contributed by atoms with van der Waals surface area (Å²) >= 11 is 0. The Bertz CT molecular complexity index is 129. The van der Waals surface area contributed by atoms with Gasteiger partial charge in [0, 0.05) is 0 Å². The van der Waals surface area contributed by atoms with Gasteiger partial charge in [-0.3, -0.25) is 0 Å². The Hall–Kier alpha value is 2.44. The molecule has 0 aliphatic carbocycles. The fourth-order valence-electron chi connectivity index (χ4n) is 0. The van der Waals surface area contributed by atoms with E-state index in [1.807, 2.05) is 0 Å². The van der Waals surface area contributed by atoms with Gasteiger partial charge < -0.3 is 38.5 Å². The van der Waals surface area contributed by atoms with Crippen LogP contribution in [0.2, 0.25) is 0 Å². The Morgan fingerprint density at radius 1 is 0.667 bits per heavy atom. The first kappa shape index (κ1) is 23.9. The second kappa shape index (κ2) is 9.98. The number of hydrogen-bond donors (Lipinski definition) is 0. The zero-order valence-corrected chi connectivity index (χ0v) is 11.9. The van der Waals surface area contributed by atoms with Crippen LogP contribution >= 0.6 is 15.6 Å². The van der Waals surface area contributed by atoms with Crippen molar-refractivity contribution in [3.8, 4) is 0 Å². The Labute approximate surface area is 122 Å². The molecular weight excluding hydrogens is 280 g/mol. The van der Waals surface area contributed by atoms with Gasteiger partial charge in [0.25, 0.3) is 0 Å². The predicted molar refractivity (Wildman–Crippen MR) is 15.2 cm³/mol. The molecule has 0 fully saturated rings. The molecular formula is KO8P2V. The van der Waals surface area contributed by atoms with E-state index in [0.717, 1.165) is 0 Å². The smallest absolute Gasteiger partial charge is 0.822 e. The zero-order valence-electron chi connectivity index (χ0n) is 5.61. The van der Waals surface area contributed by atoms with Crippen LogP contribution in [0.5, 0.6) is 0 Å². The van der Waals surface area contributed by atoms with E-state index in [1.165, 1.54) is 0 Å². The monoisotopic (exact) mass is 280 g/mol. The van der Waals surface area contributed by atoms with E-state index < -0.39 is 15.6 Å². The third-order valence-electron chi connectivity index (χ3n) is 0. The Morgan fingerprint density at radius 2 is 0.667 bits per heavy atom. The number of phosphoric acid groups is 2. The molecule has 0 atom stereocenters. The van der Waals surface area contributed by atoms with Gasteiger partial charge in [0.1, 0.15) is 0 Å². The Morgan fingerprint density at radius 3 is 0.667 bits per heavy atom. The van der Waals surface area contributed by atoms with Gasteiger partial charge in [-0.1, -0.05) is 0 Å². The molecule has 0 spiro atoms. The van der Waals surface area contributed by atoms with Crippen LogP contribution in [-0.2, 0) is 27.7 Å². The van der Waals surface area contributed by atoms with Crippen LogP contribution in [0, 0.1) is 0 Å². The summed E-state index contributed by atoms with van der Waals surface area (Å²) in [6.45, 7) is 0. The molecule has 0 aromatic rings. The average molecular weight is 280 g/mol. The van der Waals surface area contributed by atoms with Crippen molar-refractivity contribution < 1.29 is 108 Å². The summed E-state index contributed by atoms with van der Waals surface area (Å²) in [6, 6.07) is 0. The van der Waals surface area contributed by atoms with Gasteiger partial charge in [0.05, 0.1) is 0 Å². The molecule has 0 unspecified atom stereocenters. The predicted octanol–water partition coefficient (Wildman–Crippen LogP) is -8.65. The maximum Gasteiger partial charge on any atom is 5.00 e. The summed E-state index contributed by atoms with van der Waals surface area (Å²) < 4.78 is 17.1. The minimum absolute atomic E-state index is 0. The fraction of sp³-hybridized carbons (Fsp3) is 0. The summed E-state index contributed by atoms with van der Waals surface area (Å²) in [5.74, 6) is 0. The first-order valence-corrected chi connectivity index (χ1v) is 4.38. The van der Waals surface area contributed by atoms with Crippen LogP contribution < -0.4 is 80.7 Å². The van der Waals surface area contributed by atoms with Crippen molar-refractivity contribution in [2.45, 2.75) is 0 Å². The van der Waals surface area contributed by atoms with E-state index in [-0.39, 0.29) is 69.9 Å². The molecule has 8 nitrogen and oxygen atoms in total.